The molecule has 1 heterocycles. The standard InChI is InChI=1S/C19H16ClNOS/c1-14(22)21(12-15-6-5-9-17(20)10-15)18-11-19(23-13-18)16-7-3-2-4-8-16/h2-11,13H,12H2,1H3. The van der Waals surface area contributed by atoms with Gasteiger partial charge in [-0.15, -0.1) is 11.3 Å². The molecule has 23 heavy (non-hydrogen) atoms. The minimum absolute atomic E-state index is 0.0161. The van der Waals surface area contributed by atoms with Crippen molar-refractivity contribution < 1.29 is 4.79 Å². The largest absolute Gasteiger partial charge is 0.307 e. The number of hydrogen-bond acceptors (Lipinski definition) is 2. The van der Waals surface area contributed by atoms with Gasteiger partial charge in [0.1, 0.15) is 0 Å². The molecule has 0 bridgehead atoms. The molecule has 0 radical (unpaired) electrons. The smallest absolute Gasteiger partial charge is 0.224 e. The van der Waals surface area contributed by atoms with E-state index in [-0.39, 0.29) is 5.91 Å². The van der Waals surface area contributed by atoms with Gasteiger partial charge in [0.15, 0.2) is 0 Å². The van der Waals surface area contributed by atoms with Crippen molar-refractivity contribution in [3.63, 3.8) is 0 Å². The Kier molecular flexibility index (Phi) is 4.79. The summed E-state index contributed by atoms with van der Waals surface area (Å²) in [7, 11) is 0. The van der Waals surface area contributed by atoms with Gasteiger partial charge in [0.25, 0.3) is 0 Å². The summed E-state index contributed by atoms with van der Waals surface area (Å²) in [6.45, 7) is 2.10. The molecule has 0 spiro atoms. The third kappa shape index (κ3) is 3.81. The molecule has 1 aromatic heterocycles. The summed E-state index contributed by atoms with van der Waals surface area (Å²) in [4.78, 5) is 15.0. The highest BCUT2D eigenvalue weighted by molar-refractivity contribution is 7.14. The number of carbonyl (C=O) groups excluding carboxylic acids is 1. The fourth-order valence-electron chi connectivity index (χ4n) is 2.42. The lowest BCUT2D eigenvalue weighted by molar-refractivity contribution is -0.116. The molecule has 0 N–H and O–H groups in total. The second kappa shape index (κ2) is 6.99. The molecule has 0 saturated carbocycles. The summed E-state index contributed by atoms with van der Waals surface area (Å²) in [6, 6.07) is 19.8. The number of rotatable bonds is 4. The Hall–Kier alpha value is -2.10. The Labute approximate surface area is 145 Å². The zero-order chi connectivity index (χ0) is 16.2. The molecular formula is C19H16ClNOS. The van der Waals surface area contributed by atoms with E-state index in [0.29, 0.717) is 11.6 Å². The molecule has 0 saturated heterocycles. The zero-order valence-corrected chi connectivity index (χ0v) is 14.3. The van der Waals surface area contributed by atoms with Gasteiger partial charge in [-0.3, -0.25) is 4.79 Å². The summed E-state index contributed by atoms with van der Waals surface area (Å²) in [5.41, 5.74) is 3.09. The van der Waals surface area contributed by atoms with Crippen LogP contribution in [0.3, 0.4) is 0 Å². The Morgan fingerprint density at radius 1 is 1.09 bits per heavy atom. The molecular weight excluding hydrogens is 326 g/mol. The maximum Gasteiger partial charge on any atom is 0.224 e. The van der Waals surface area contributed by atoms with Gasteiger partial charge in [-0.1, -0.05) is 54.1 Å². The van der Waals surface area contributed by atoms with Gasteiger partial charge < -0.3 is 4.90 Å². The monoisotopic (exact) mass is 341 g/mol. The maximum absolute atomic E-state index is 12.1. The number of anilines is 1. The Morgan fingerprint density at radius 2 is 1.87 bits per heavy atom. The fraction of sp³-hybridized carbons (Fsp3) is 0.105. The fourth-order valence-corrected chi connectivity index (χ4v) is 3.54. The predicted molar refractivity (Wildman–Crippen MR) is 98.1 cm³/mol. The minimum atomic E-state index is 0.0161. The molecule has 0 aliphatic carbocycles. The Morgan fingerprint density at radius 3 is 2.57 bits per heavy atom. The molecule has 4 heteroatoms. The van der Waals surface area contributed by atoms with Crippen molar-refractivity contribution >= 4 is 34.5 Å². The molecule has 2 nitrogen and oxygen atoms in total. The van der Waals surface area contributed by atoms with Crippen LogP contribution in [0.2, 0.25) is 5.02 Å². The van der Waals surface area contributed by atoms with Crippen LogP contribution in [0, 0.1) is 0 Å². The maximum atomic E-state index is 12.1. The van der Waals surface area contributed by atoms with Crippen molar-refractivity contribution in [2.24, 2.45) is 0 Å². The van der Waals surface area contributed by atoms with Crippen LogP contribution in [-0.2, 0) is 11.3 Å². The van der Waals surface area contributed by atoms with E-state index in [0.717, 1.165) is 21.7 Å². The Balaban J connectivity index is 1.87. The minimum Gasteiger partial charge on any atom is -0.307 e. The van der Waals surface area contributed by atoms with Crippen molar-refractivity contribution in [3.8, 4) is 10.4 Å². The third-order valence-corrected chi connectivity index (χ3v) is 4.77. The molecule has 3 rings (SSSR count). The number of thiophene rings is 1. The van der Waals surface area contributed by atoms with Gasteiger partial charge in [-0.05, 0) is 29.3 Å². The lowest BCUT2D eigenvalue weighted by atomic mass is 10.1. The topological polar surface area (TPSA) is 20.3 Å². The van der Waals surface area contributed by atoms with Crippen LogP contribution in [0.15, 0.2) is 66.0 Å². The first-order chi connectivity index (χ1) is 11.1. The molecule has 2 aromatic carbocycles. The first-order valence-electron chi connectivity index (χ1n) is 7.30. The van der Waals surface area contributed by atoms with Gasteiger partial charge in [-0.25, -0.2) is 0 Å². The summed E-state index contributed by atoms with van der Waals surface area (Å²) in [5, 5.41) is 2.70. The van der Waals surface area contributed by atoms with Crippen LogP contribution >= 0.6 is 22.9 Å². The van der Waals surface area contributed by atoms with Crippen LogP contribution in [0.5, 0.6) is 0 Å². The quantitative estimate of drug-likeness (QED) is 0.603. The molecule has 3 aromatic rings. The first-order valence-corrected chi connectivity index (χ1v) is 8.56. The normalized spacial score (nSPS) is 10.5. The van der Waals surface area contributed by atoms with E-state index in [2.05, 4.69) is 18.2 Å². The number of nitrogens with zero attached hydrogens (tertiary/aromatic N) is 1. The van der Waals surface area contributed by atoms with Crippen molar-refractivity contribution in [1.82, 2.24) is 0 Å². The van der Waals surface area contributed by atoms with Gasteiger partial charge in [-0.2, -0.15) is 0 Å². The summed E-state index contributed by atoms with van der Waals surface area (Å²) in [5.74, 6) is 0.0161. The Bertz CT molecular complexity index is 813. The number of hydrogen-bond donors (Lipinski definition) is 0. The predicted octanol–water partition coefficient (Wildman–Crippen LogP) is 5.62. The summed E-state index contributed by atoms with van der Waals surface area (Å²) >= 11 is 7.68. The van der Waals surface area contributed by atoms with Crippen LogP contribution in [0.25, 0.3) is 10.4 Å². The molecule has 0 aliphatic heterocycles. The second-order valence-corrected chi connectivity index (χ2v) is 6.62. The number of halogens is 1. The molecule has 0 fully saturated rings. The highest BCUT2D eigenvalue weighted by Crippen LogP contribution is 2.32. The average molecular weight is 342 g/mol. The van der Waals surface area contributed by atoms with Gasteiger partial charge in [0.2, 0.25) is 5.91 Å². The van der Waals surface area contributed by atoms with Crippen LogP contribution in [0.4, 0.5) is 5.69 Å². The van der Waals surface area contributed by atoms with Crippen molar-refractivity contribution in [2.45, 2.75) is 13.5 Å². The summed E-state index contributed by atoms with van der Waals surface area (Å²) in [6.07, 6.45) is 0. The van der Waals surface area contributed by atoms with E-state index >= 15 is 0 Å². The third-order valence-electron chi connectivity index (χ3n) is 3.57. The number of benzene rings is 2. The lowest BCUT2D eigenvalue weighted by Crippen LogP contribution is -2.27. The van der Waals surface area contributed by atoms with Crippen molar-refractivity contribution in [2.75, 3.05) is 4.90 Å². The SMILES string of the molecule is CC(=O)N(Cc1cccc(Cl)c1)c1csc(-c2ccccc2)c1. The van der Waals surface area contributed by atoms with Crippen LogP contribution in [-0.4, -0.2) is 5.91 Å². The molecule has 0 unspecified atom stereocenters. The van der Waals surface area contributed by atoms with Crippen molar-refractivity contribution in [1.29, 1.82) is 0 Å². The number of carbonyl (C=O) groups is 1. The number of amides is 1. The van der Waals surface area contributed by atoms with E-state index in [9.17, 15) is 4.79 Å². The first kappa shape index (κ1) is 15.8. The van der Waals surface area contributed by atoms with E-state index in [4.69, 9.17) is 11.6 Å². The van der Waals surface area contributed by atoms with Crippen molar-refractivity contribution in [3.05, 3.63) is 76.6 Å². The van der Waals surface area contributed by atoms with E-state index in [1.54, 1.807) is 23.2 Å². The molecule has 116 valence electrons. The highest BCUT2D eigenvalue weighted by Gasteiger charge is 2.14. The average Bonchev–Trinajstić information content (AvgIpc) is 3.03. The molecule has 0 aliphatic rings. The van der Waals surface area contributed by atoms with Crippen LogP contribution in [0.1, 0.15) is 12.5 Å². The molecule has 1 amide bonds. The van der Waals surface area contributed by atoms with E-state index in [1.807, 2.05) is 47.8 Å². The van der Waals surface area contributed by atoms with E-state index in [1.165, 1.54) is 0 Å². The lowest BCUT2D eigenvalue weighted by Gasteiger charge is -2.20. The zero-order valence-electron chi connectivity index (χ0n) is 12.7. The summed E-state index contributed by atoms with van der Waals surface area (Å²) < 4.78 is 0. The van der Waals surface area contributed by atoms with Crippen LogP contribution < -0.4 is 4.90 Å². The van der Waals surface area contributed by atoms with E-state index < -0.39 is 0 Å². The van der Waals surface area contributed by atoms with Gasteiger partial charge in [0, 0.05) is 22.2 Å². The second-order valence-electron chi connectivity index (χ2n) is 5.27. The highest BCUT2D eigenvalue weighted by atomic mass is 35.5. The van der Waals surface area contributed by atoms with Gasteiger partial charge in [0.05, 0.1) is 12.2 Å². The molecule has 0 atom stereocenters. The van der Waals surface area contributed by atoms with Gasteiger partial charge >= 0.3 is 0 Å².